The van der Waals surface area contributed by atoms with E-state index in [1.807, 2.05) is 0 Å². The van der Waals surface area contributed by atoms with Crippen molar-refractivity contribution >= 4 is 27.5 Å². The largest absolute Gasteiger partial charge is 0.355 e. The number of sulfonamides is 1. The molecular weight excluding hydrogens is 361 g/mol. The Hall–Kier alpha value is -2.78. The van der Waals surface area contributed by atoms with Gasteiger partial charge in [-0.3, -0.25) is 9.59 Å². The van der Waals surface area contributed by atoms with Crippen molar-refractivity contribution in [1.82, 2.24) is 10.0 Å². The average Bonchev–Trinajstić information content (AvgIpc) is 2.61. The van der Waals surface area contributed by atoms with Gasteiger partial charge >= 0.3 is 0 Å². The van der Waals surface area contributed by atoms with E-state index in [4.69, 9.17) is 0 Å². The van der Waals surface area contributed by atoms with E-state index in [1.165, 1.54) is 13.1 Å². The van der Waals surface area contributed by atoms with E-state index in [-0.39, 0.29) is 23.8 Å². The molecule has 2 aromatic carbocycles. The molecule has 0 atom stereocenters. The van der Waals surface area contributed by atoms with Crippen molar-refractivity contribution in [1.29, 1.82) is 0 Å². The van der Waals surface area contributed by atoms with Crippen LogP contribution in [0.1, 0.15) is 16.8 Å². The third kappa shape index (κ3) is 5.36. The summed E-state index contributed by atoms with van der Waals surface area (Å²) in [6.07, 6.45) is -0.107. The van der Waals surface area contributed by atoms with E-state index in [0.29, 0.717) is 11.3 Å². The lowest BCUT2D eigenvalue weighted by atomic mass is 10.2. The van der Waals surface area contributed by atoms with Crippen molar-refractivity contribution in [2.24, 2.45) is 0 Å². The summed E-state index contributed by atoms with van der Waals surface area (Å²) in [6, 6.07) is 10.7. The summed E-state index contributed by atoms with van der Waals surface area (Å²) >= 11 is 0. The molecular formula is C17H18FN3O4S. The van der Waals surface area contributed by atoms with Gasteiger partial charge in [-0.2, -0.15) is 0 Å². The standard InChI is InChI=1S/C17H18FN3O4S/c1-19-17(23)12-3-2-4-14(11-12)21-16(22)9-10-20-26(24,25)15-7-5-13(18)6-8-15/h2-8,11,20H,9-10H2,1H3,(H,19,23)(H,21,22). The fourth-order valence-corrected chi connectivity index (χ4v) is 3.13. The van der Waals surface area contributed by atoms with Gasteiger partial charge in [-0.25, -0.2) is 17.5 Å². The Bertz CT molecular complexity index is 898. The van der Waals surface area contributed by atoms with E-state index >= 15 is 0 Å². The third-order valence-corrected chi connectivity index (χ3v) is 4.88. The summed E-state index contributed by atoms with van der Waals surface area (Å²) in [5, 5.41) is 5.07. The SMILES string of the molecule is CNC(=O)c1cccc(NC(=O)CCNS(=O)(=O)c2ccc(F)cc2)c1. The first-order valence-corrected chi connectivity index (χ1v) is 9.17. The zero-order valence-corrected chi connectivity index (χ0v) is 14.8. The molecule has 0 saturated carbocycles. The zero-order chi connectivity index (χ0) is 19.2. The minimum absolute atomic E-state index is 0.0856. The Balaban J connectivity index is 1.89. The Morgan fingerprint density at radius 3 is 2.42 bits per heavy atom. The molecule has 2 amide bonds. The summed E-state index contributed by atoms with van der Waals surface area (Å²) in [7, 11) is -2.32. The van der Waals surface area contributed by atoms with E-state index in [2.05, 4.69) is 15.4 Å². The number of halogens is 1. The fraction of sp³-hybridized carbons (Fsp3) is 0.176. The molecule has 2 aromatic rings. The van der Waals surface area contributed by atoms with Crippen molar-refractivity contribution in [2.45, 2.75) is 11.3 Å². The van der Waals surface area contributed by atoms with E-state index in [9.17, 15) is 22.4 Å². The van der Waals surface area contributed by atoms with Crippen LogP contribution >= 0.6 is 0 Å². The lowest BCUT2D eigenvalue weighted by Crippen LogP contribution is -2.28. The first kappa shape index (κ1) is 19.5. The maximum Gasteiger partial charge on any atom is 0.251 e. The number of anilines is 1. The molecule has 0 radical (unpaired) electrons. The highest BCUT2D eigenvalue weighted by atomic mass is 32.2. The van der Waals surface area contributed by atoms with Crippen molar-refractivity contribution in [3.8, 4) is 0 Å². The second kappa shape index (κ2) is 8.54. The van der Waals surface area contributed by atoms with Gasteiger partial charge in [-0.05, 0) is 42.5 Å². The van der Waals surface area contributed by atoms with Crippen LogP contribution in [0.4, 0.5) is 10.1 Å². The van der Waals surface area contributed by atoms with Crippen LogP contribution in [0, 0.1) is 5.82 Å². The first-order chi connectivity index (χ1) is 12.3. The quantitative estimate of drug-likeness (QED) is 0.678. The number of carbonyl (C=O) groups excluding carboxylic acids is 2. The third-order valence-electron chi connectivity index (χ3n) is 3.40. The fourth-order valence-electron chi connectivity index (χ4n) is 2.10. The lowest BCUT2D eigenvalue weighted by molar-refractivity contribution is -0.116. The van der Waals surface area contributed by atoms with Crippen molar-refractivity contribution in [3.63, 3.8) is 0 Å². The Labute approximate surface area is 150 Å². The van der Waals surface area contributed by atoms with Gasteiger partial charge in [0.05, 0.1) is 4.90 Å². The topological polar surface area (TPSA) is 104 Å². The molecule has 0 aliphatic heterocycles. The number of rotatable bonds is 7. The van der Waals surface area contributed by atoms with Gasteiger partial charge < -0.3 is 10.6 Å². The van der Waals surface area contributed by atoms with Gasteiger partial charge in [0.1, 0.15) is 5.82 Å². The lowest BCUT2D eigenvalue weighted by Gasteiger charge is -2.08. The number of hydrogen-bond donors (Lipinski definition) is 3. The maximum atomic E-state index is 12.8. The smallest absolute Gasteiger partial charge is 0.251 e. The highest BCUT2D eigenvalue weighted by molar-refractivity contribution is 7.89. The second-order valence-corrected chi connectivity index (χ2v) is 7.08. The highest BCUT2D eigenvalue weighted by Gasteiger charge is 2.14. The molecule has 0 heterocycles. The van der Waals surface area contributed by atoms with Gasteiger partial charge in [0.25, 0.3) is 5.91 Å². The number of nitrogens with one attached hydrogen (secondary N) is 3. The van der Waals surface area contributed by atoms with Crippen LogP contribution in [-0.4, -0.2) is 33.8 Å². The predicted octanol–water partition coefficient (Wildman–Crippen LogP) is 1.49. The molecule has 7 nitrogen and oxygen atoms in total. The van der Waals surface area contributed by atoms with E-state index < -0.39 is 21.7 Å². The summed E-state index contributed by atoms with van der Waals surface area (Å²) < 4.78 is 39.2. The molecule has 138 valence electrons. The van der Waals surface area contributed by atoms with Crippen molar-refractivity contribution < 1.29 is 22.4 Å². The minimum atomic E-state index is -3.82. The monoisotopic (exact) mass is 379 g/mol. The molecule has 0 fully saturated rings. The molecule has 9 heteroatoms. The number of amides is 2. The van der Waals surface area contributed by atoms with Crippen LogP contribution in [0.15, 0.2) is 53.4 Å². The molecule has 3 N–H and O–H groups in total. The Morgan fingerprint density at radius 1 is 1.08 bits per heavy atom. The van der Waals surface area contributed by atoms with Crippen LogP contribution < -0.4 is 15.4 Å². The number of hydrogen-bond acceptors (Lipinski definition) is 4. The summed E-state index contributed by atoms with van der Waals surface area (Å²) in [5.41, 5.74) is 0.819. The molecule has 0 aliphatic rings. The molecule has 0 unspecified atom stereocenters. The van der Waals surface area contributed by atoms with Crippen LogP contribution in [0.25, 0.3) is 0 Å². The van der Waals surface area contributed by atoms with Gasteiger partial charge in [0.2, 0.25) is 15.9 Å². The normalized spacial score (nSPS) is 11.0. The van der Waals surface area contributed by atoms with Crippen LogP contribution in [0.2, 0.25) is 0 Å². The van der Waals surface area contributed by atoms with Crippen LogP contribution in [0.5, 0.6) is 0 Å². The first-order valence-electron chi connectivity index (χ1n) is 7.69. The van der Waals surface area contributed by atoms with Crippen LogP contribution in [-0.2, 0) is 14.8 Å². The zero-order valence-electron chi connectivity index (χ0n) is 14.0. The second-order valence-electron chi connectivity index (χ2n) is 5.31. The Kier molecular flexibility index (Phi) is 6.42. The van der Waals surface area contributed by atoms with Crippen LogP contribution in [0.3, 0.4) is 0 Å². The predicted molar refractivity (Wildman–Crippen MR) is 94.7 cm³/mol. The molecule has 0 bridgehead atoms. The molecule has 0 aliphatic carbocycles. The minimum Gasteiger partial charge on any atom is -0.355 e. The number of carbonyl (C=O) groups is 2. The highest BCUT2D eigenvalue weighted by Crippen LogP contribution is 2.12. The summed E-state index contributed by atoms with van der Waals surface area (Å²) in [6.45, 7) is -0.124. The molecule has 26 heavy (non-hydrogen) atoms. The van der Waals surface area contributed by atoms with E-state index in [1.54, 1.807) is 18.2 Å². The van der Waals surface area contributed by atoms with Crippen molar-refractivity contribution in [3.05, 3.63) is 59.9 Å². The number of benzene rings is 2. The summed E-state index contributed by atoms with van der Waals surface area (Å²) in [4.78, 5) is 23.4. The van der Waals surface area contributed by atoms with Gasteiger partial charge in [-0.15, -0.1) is 0 Å². The molecule has 0 saturated heterocycles. The van der Waals surface area contributed by atoms with Gasteiger partial charge in [-0.1, -0.05) is 6.07 Å². The van der Waals surface area contributed by atoms with Crippen molar-refractivity contribution in [2.75, 3.05) is 18.9 Å². The Morgan fingerprint density at radius 2 is 1.77 bits per heavy atom. The molecule has 2 rings (SSSR count). The maximum absolute atomic E-state index is 12.8. The molecule has 0 spiro atoms. The van der Waals surface area contributed by atoms with E-state index in [0.717, 1.165) is 24.3 Å². The summed E-state index contributed by atoms with van der Waals surface area (Å²) in [5.74, 6) is -1.24. The van der Waals surface area contributed by atoms with Gasteiger partial charge in [0.15, 0.2) is 0 Å². The van der Waals surface area contributed by atoms with Gasteiger partial charge in [0, 0.05) is 31.3 Å². The average molecular weight is 379 g/mol. The molecule has 0 aromatic heterocycles.